The molecule has 0 aliphatic rings. The minimum Gasteiger partial charge on any atom is -0.329 e. The van der Waals surface area contributed by atoms with Gasteiger partial charge in [-0.25, -0.2) is 4.98 Å². The summed E-state index contributed by atoms with van der Waals surface area (Å²) in [5.41, 5.74) is 6.88. The molecule has 2 rings (SSSR count). The van der Waals surface area contributed by atoms with Gasteiger partial charge in [0.05, 0.1) is 5.25 Å². The van der Waals surface area contributed by atoms with Gasteiger partial charge in [0.25, 0.3) is 5.56 Å². The van der Waals surface area contributed by atoms with Crippen LogP contribution in [0.5, 0.6) is 0 Å². The lowest BCUT2D eigenvalue weighted by atomic mass is 10.2. The highest BCUT2D eigenvalue weighted by molar-refractivity contribution is 7.99. The fraction of sp³-hybridized carbons (Fsp3) is 0.273. The average Bonchev–Trinajstić information content (AvgIpc) is 2.72. The van der Waals surface area contributed by atoms with Crippen LogP contribution in [0.4, 0.5) is 0 Å². The maximum Gasteiger partial charge on any atom is 0.251 e. The quantitative estimate of drug-likeness (QED) is 0.656. The summed E-state index contributed by atoms with van der Waals surface area (Å²) in [4.78, 5) is 19.2. The Morgan fingerprint density at radius 3 is 3.00 bits per heavy atom. The summed E-state index contributed by atoms with van der Waals surface area (Å²) >= 11 is 3.18. The standard InChI is InChI=1S/C11H13N3OS2/c1-7-3-5-16-10(7)8(6-12)17-11-13-4-2-9(15)14-11/h2-5,8H,6,12H2,1H3,(H,13,14,15). The van der Waals surface area contributed by atoms with Crippen LogP contribution in [0.1, 0.15) is 15.7 Å². The van der Waals surface area contributed by atoms with Gasteiger partial charge in [-0.3, -0.25) is 4.79 Å². The third-order valence-corrected chi connectivity index (χ3v) is 4.74. The molecule has 0 spiro atoms. The fourth-order valence-corrected chi connectivity index (χ4v) is 3.64. The fourth-order valence-electron chi connectivity index (χ4n) is 1.47. The highest BCUT2D eigenvalue weighted by atomic mass is 32.2. The van der Waals surface area contributed by atoms with E-state index in [-0.39, 0.29) is 10.8 Å². The molecule has 3 N–H and O–H groups in total. The molecule has 2 aromatic heterocycles. The Kier molecular flexibility index (Phi) is 3.98. The molecule has 0 aromatic carbocycles. The number of thiophene rings is 1. The molecule has 90 valence electrons. The summed E-state index contributed by atoms with van der Waals surface area (Å²) in [5.74, 6) is 0. The van der Waals surface area contributed by atoms with Gasteiger partial charge in [0.15, 0.2) is 5.16 Å². The molecule has 6 heteroatoms. The van der Waals surface area contributed by atoms with Crippen molar-refractivity contribution >= 4 is 23.1 Å². The summed E-state index contributed by atoms with van der Waals surface area (Å²) in [6.45, 7) is 2.58. The lowest BCUT2D eigenvalue weighted by Gasteiger charge is -2.12. The second-order valence-electron chi connectivity index (χ2n) is 3.55. The van der Waals surface area contributed by atoms with Gasteiger partial charge in [0.1, 0.15) is 0 Å². The minimum absolute atomic E-state index is 0.138. The van der Waals surface area contributed by atoms with Crippen molar-refractivity contribution in [2.24, 2.45) is 5.73 Å². The topological polar surface area (TPSA) is 71.8 Å². The van der Waals surface area contributed by atoms with E-state index in [0.29, 0.717) is 11.7 Å². The smallest absolute Gasteiger partial charge is 0.251 e. The molecule has 0 saturated heterocycles. The number of hydrogen-bond acceptors (Lipinski definition) is 5. The Labute approximate surface area is 107 Å². The van der Waals surface area contributed by atoms with Gasteiger partial charge < -0.3 is 10.7 Å². The second kappa shape index (κ2) is 5.48. The van der Waals surface area contributed by atoms with Gasteiger partial charge in [-0.15, -0.1) is 11.3 Å². The second-order valence-corrected chi connectivity index (χ2v) is 5.69. The minimum atomic E-state index is -0.138. The molecule has 0 aliphatic carbocycles. The Morgan fingerprint density at radius 1 is 1.59 bits per heavy atom. The molecule has 2 aromatic rings. The van der Waals surface area contributed by atoms with Crippen molar-refractivity contribution in [1.82, 2.24) is 9.97 Å². The van der Waals surface area contributed by atoms with Crippen molar-refractivity contribution in [2.75, 3.05) is 6.54 Å². The molecular weight excluding hydrogens is 254 g/mol. The molecule has 2 heterocycles. The van der Waals surface area contributed by atoms with Crippen LogP contribution in [-0.2, 0) is 0 Å². The SMILES string of the molecule is Cc1ccsc1C(CN)Sc1nccc(=O)[nH]1. The molecule has 17 heavy (non-hydrogen) atoms. The van der Waals surface area contributed by atoms with E-state index >= 15 is 0 Å². The number of nitrogens with one attached hydrogen (secondary N) is 1. The average molecular weight is 267 g/mol. The van der Waals surface area contributed by atoms with E-state index in [2.05, 4.69) is 28.3 Å². The molecule has 0 fully saturated rings. The van der Waals surface area contributed by atoms with Crippen molar-refractivity contribution in [3.05, 3.63) is 44.5 Å². The summed E-state index contributed by atoms with van der Waals surface area (Å²) in [6.07, 6.45) is 1.51. The number of aryl methyl sites for hydroxylation is 1. The third kappa shape index (κ3) is 2.96. The van der Waals surface area contributed by atoms with Crippen LogP contribution in [0.2, 0.25) is 0 Å². The molecule has 0 aliphatic heterocycles. The van der Waals surface area contributed by atoms with Crippen molar-refractivity contribution < 1.29 is 0 Å². The van der Waals surface area contributed by atoms with Crippen LogP contribution in [-0.4, -0.2) is 16.5 Å². The monoisotopic (exact) mass is 267 g/mol. The van der Waals surface area contributed by atoms with Gasteiger partial charge in [-0.05, 0) is 23.9 Å². The maximum atomic E-state index is 11.2. The van der Waals surface area contributed by atoms with E-state index < -0.39 is 0 Å². The Hall–Kier alpha value is -1.11. The Morgan fingerprint density at radius 2 is 2.41 bits per heavy atom. The molecule has 1 atom stereocenters. The number of rotatable bonds is 4. The predicted molar refractivity (Wildman–Crippen MR) is 71.6 cm³/mol. The van der Waals surface area contributed by atoms with Crippen molar-refractivity contribution in [2.45, 2.75) is 17.3 Å². The number of aromatic amines is 1. The number of nitrogens with two attached hydrogens (primary N) is 1. The van der Waals surface area contributed by atoms with Gasteiger partial charge in [-0.1, -0.05) is 11.8 Å². The number of H-pyrrole nitrogens is 1. The number of thioether (sulfide) groups is 1. The zero-order valence-electron chi connectivity index (χ0n) is 9.34. The number of aromatic nitrogens is 2. The van der Waals surface area contributed by atoms with Crippen LogP contribution >= 0.6 is 23.1 Å². The Bertz CT molecular complexity index is 549. The third-order valence-electron chi connectivity index (χ3n) is 2.31. The first-order valence-corrected chi connectivity index (χ1v) is 6.92. The first-order chi connectivity index (χ1) is 8.20. The number of hydrogen-bond donors (Lipinski definition) is 2. The predicted octanol–water partition coefficient (Wildman–Crippen LogP) is 1.93. The van der Waals surface area contributed by atoms with E-state index in [1.165, 1.54) is 34.5 Å². The largest absolute Gasteiger partial charge is 0.329 e. The van der Waals surface area contributed by atoms with Gasteiger partial charge >= 0.3 is 0 Å². The van der Waals surface area contributed by atoms with Crippen molar-refractivity contribution in [1.29, 1.82) is 0 Å². The molecule has 0 saturated carbocycles. The zero-order valence-corrected chi connectivity index (χ0v) is 11.0. The van der Waals surface area contributed by atoms with E-state index in [1.54, 1.807) is 11.3 Å². The first-order valence-electron chi connectivity index (χ1n) is 5.16. The van der Waals surface area contributed by atoms with E-state index in [0.717, 1.165) is 0 Å². The summed E-state index contributed by atoms with van der Waals surface area (Å²) < 4.78 is 0. The lowest BCUT2D eigenvalue weighted by molar-refractivity contribution is 0.902. The molecule has 0 radical (unpaired) electrons. The Balaban J connectivity index is 2.21. The summed E-state index contributed by atoms with van der Waals surface area (Å²) in [7, 11) is 0. The maximum absolute atomic E-state index is 11.2. The van der Waals surface area contributed by atoms with E-state index in [9.17, 15) is 4.79 Å². The van der Waals surface area contributed by atoms with Crippen molar-refractivity contribution in [3.8, 4) is 0 Å². The van der Waals surface area contributed by atoms with Crippen molar-refractivity contribution in [3.63, 3.8) is 0 Å². The van der Waals surface area contributed by atoms with Crippen LogP contribution in [0.3, 0.4) is 0 Å². The molecule has 0 bridgehead atoms. The number of nitrogens with zero attached hydrogens (tertiary/aromatic N) is 1. The highest BCUT2D eigenvalue weighted by Gasteiger charge is 2.16. The molecule has 4 nitrogen and oxygen atoms in total. The van der Waals surface area contributed by atoms with Crippen LogP contribution in [0, 0.1) is 6.92 Å². The normalized spacial score (nSPS) is 12.6. The van der Waals surface area contributed by atoms with Crippen LogP contribution < -0.4 is 11.3 Å². The summed E-state index contributed by atoms with van der Waals surface area (Å²) in [6, 6.07) is 3.47. The highest BCUT2D eigenvalue weighted by Crippen LogP contribution is 2.36. The molecule has 0 amide bonds. The van der Waals surface area contributed by atoms with Crippen LogP contribution in [0.25, 0.3) is 0 Å². The first kappa shape index (κ1) is 12.3. The van der Waals surface area contributed by atoms with Gasteiger partial charge in [0, 0.05) is 23.7 Å². The van der Waals surface area contributed by atoms with Gasteiger partial charge in [0.2, 0.25) is 0 Å². The van der Waals surface area contributed by atoms with E-state index in [1.807, 2.05) is 0 Å². The van der Waals surface area contributed by atoms with Gasteiger partial charge in [-0.2, -0.15) is 0 Å². The molecule has 1 unspecified atom stereocenters. The zero-order chi connectivity index (χ0) is 12.3. The molecular formula is C11H13N3OS2. The summed E-state index contributed by atoms with van der Waals surface area (Å²) in [5, 5.41) is 2.80. The van der Waals surface area contributed by atoms with Crippen LogP contribution in [0.15, 0.2) is 33.7 Å². The van der Waals surface area contributed by atoms with E-state index in [4.69, 9.17) is 5.73 Å². The lowest BCUT2D eigenvalue weighted by Crippen LogP contribution is -2.11.